The molecule has 0 radical (unpaired) electrons. The number of likely N-dealkylation sites (tertiary alicyclic amines) is 1. The zero-order chi connectivity index (χ0) is 17.8. The minimum absolute atomic E-state index is 0.113. The molecule has 3 rings (SSSR count). The van der Waals surface area contributed by atoms with E-state index < -0.39 is 0 Å². The van der Waals surface area contributed by atoms with Crippen LogP contribution in [0.3, 0.4) is 0 Å². The van der Waals surface area contributed by atoms with Crippen molar-refractivity contribution in [2.24, 2.45) is 13.0 Å². The molecular formula is C18H31N5O2. The second-order valence-corrected chi connectivity index (χ2v) is 7.42. The van der Waals surface area contributed by atoms with Gasteiger partial charge in [0.15, 0.2) is 0 Å². The summed E-state index contributed by atoms with van der Waals surface area (Å²) in [6.45, 7) is 5.62. The van der Waals surface area contributed by atoms with Crippen LogP contribution in [-0.4, -0.2) is 53.5 Å². The molecule has 1 aliphatic heterocycles. The highest BCUT2D eigenvalue weighted by Gasteiger charge is 2.27. The highest BCUT2D eigenvalue weighted by atomic mass is 16.5. The van der Waals surface area contributed by atoms with Gasteiger partial charge in [-0.05, 0) is 32.1 Å². The Morgan fingerprint density at radius 2 is 2.08 bits per heavy atom. The van der Waals surface area contributed by atoms with Gasteiger partial charge in [-0.15, -0.1) is 0 Å². The van der Waals surface area contributed by atoms with Crippen molar-refractivity contribution < 1.29 is 9.53 Å². The van der Waals surface area contributed by atoms with Crippen molar-refractivity contribution in [3.05, 3.63) is 11.3 Å². The molecule has 1 aromatic heterocycles. The number of carbonyl (C=O) groups excluding carboxylic acids is 1. The summed E-state index contributed by atoms with van der Waals surface area (Å²) in [5.74, 6) is 1.56. The summed E-state index contributed by atoms with van der Waals surface area (Å²) in [6.07, 6.45) is 6.57. The summed E-state index contributed by atoms with van der Waals surface area (Å²) in [5.41, 5.74) is 1.80. The quantitative estimate of drug-likeness (QED) is 0.821. The number of ether oxygens (including phenoxy) is 1. The normalized spacial score (nSPS) is 21.6. The largest absolute Gasteiger partial charge is 0.481 e. The number of hydrogen-bond donors (Lipinski definition) is 2. The van der Waals surface area contributed by atoms with Crippen LogP contribution in [-0.2, 0) is 13.6 Å². The van der Waals surface area contributed by atoms with E-state index in [9.17, 15) is 4.79 Å². The van der Waals surface area contributed by atoms with E-state index in [2.05, 4.69) is 20.6 Å². The van der Waals surface area contributed by atoms with Crippen LogP contribution in [0.2, 0.25) is 0 Å². The first kappa shape index (κ1) is 18.0. The zero-order valence-corrected chi connectivity index (χ0v) is 15.7. The molecule has 2 N–H and O–H groups in total. The van der Waals surface area contributed by atoms with E-state index in [1.54, 1.807) is 11.8 Å². The molecule has 140 valence electrons. The second-order valence-electron chi connectivity index (χ2n) is 7.42. The molecule has 7 heteroatoms. The third kappa shape index (κ3) is 4.45. The van der Waals surface area contributed by atoms with E-state index in [4.69, 9.17) is 4.74 Å². The lowest BCUT2D eigenvalue weighted by atomic mass is 10.1. The van der Waals surface area contributed by atoms with E-state index in [-0.39, 0.29) is 12.1 Å². The Morgan fingerprint density at radius 3 is 2.80 bits per heavy atom. The van der Waals surface area contributed by atoms with Crippen molar-refractivity contribution in [2.75, 3.05) is 26.7 Å². The number of aromatic nitrogens is 2. The van der Waals surface area contributed by atoms with Gasteiger partial charge < -0.3 is 20.3 Å². The zero-order valence-electron chi connectivity index (χ0n) is 15.7. The summed E-state index contributed by atoms with van der Waals surface area (Å²) in [4.78, 5) is 14.7. The number of aryl methyl sites for hydroxylation is 2. The van der Waals surface area contributed by atoms with Crippen molar-refractivity contribution in [3.8, 4) is 5.88 Å². The Hall–Kier alpha value is -1.76. The van der Waals surface area contributed by atoms with Gasteiger partial charge in [-0.25, -0.2) is 9.48 Å². The lowest BCUT2D eigenvalue weighted by Gasteiger charge is -2.20. The first-order valence-electron chi connectivity index (χ1n) is 9.40. The molecule has 0 aromatic carbocycles. The Kier molecular flexibility index (Phi) is 5.83. The number of methoxy groups -OCH3 is 1. The highest BCUT2D eigenvalue weighted by molar-refractivity contribution is 5.74. The molecule has 0 unspecified atom stereocenters. The van der Waals surface area contributed by atoms with E-state index in [1.807, 2.05) is 14.0 Å². The van der Waals surface area contributed by atoms with Crippen molar-refractivity contribution in [2.45, 2.75) is 51.6 Å². The molecule has 2 fully saturated rings. The summed E-state index contributed by atoms with van der Waals surface area (Å²) < 4.78 is 7.06. The summed E-state index contributed by atoms with van der Waals surface area (Å²) in [6, 6.07) is 0.135. The predicted octanol–water partition coefficient (Wildman–Crippen LogP) is 1.80. The van der Waals surface area contributed by atoms with Gasteiger partial charge in [-0.1, -0.05) is 12.8 Å². The first-order valence-corrected chi connectivity index (χ1v) is 9.40. The molecule has 1 saturated heterocycles. The Bertz CT molecular complexity index is 595. The molecule has 0 bridgehead atoms. The topological polar surface area (TPSA) is 71.4 Å². The van der Waals surface area contributed by atoms with Crippen LogP contribution in [0.25, 0.3) is 0 Å². The maximum Gasteiger partial charge on any atom is 0.315 e. The lowest BCUT2D eigenvalue weighted by molar-refractivity contribution is 0.234. The molecule has 2 heterocycles. The molecule has 25 heavy (non-hydrogen) atoms. The minimum atomic E-state index is -0.113. The number of carbonyl (C=O) groups is 1. The summed E-state index contributed by atoms with van der Waals surface area (Å²) in [5, 5.41) is 10.4. The fourth-order valence-corrected chi connectivity index (χ4v) is 4.22. The summed E-state index contributed by atoms with van der Waals surface area (Å²) >= 11 is 0. The predicted molar refractivity (Wildman–Crippen MR) is 96.7 cm³/mol. The van der Waals surface area contributed by atoms with Gasteiger partial charge >= 0.3 is 6.03 Å². The molecule has 1 aliphatic carbocycles. The molecule has 2 aliphatic rings. The lowest BCUT2D eigenvalue weighted by Crippen LogP contribution is -2.43. The van der Waals surface area contributed by atoms with Crippen molar-refractivity contribution >= 4 is 6.03 Å². The van der Waals surface area contributed by atoms with Gasteiger partial charge in [0.2, 0.25) is 5.88 Å². The average Bonchev–Trinajstić information content (AvgIpc) is 3.28. The fourth-order valence-electron chi connectivity index (χ4n) is 4.22. The number of amides is 2. The van der Waals surface area contributed by atoms with Gasteiger partial charge in [-0.3, -0.25) is 0 Å². The molecule has 7 nitrogen and oxygen atoms in total. The fraction of sp³-hybridized carbons (Fsp3) is 0.778. The van der Waals surface area contributed by atoms with Crippen LogP contribution in [0.4, 0.5) is 4.79 Å². The van der Waals surface area contributed by atoms with Crippen LogP contribution in [0.5, 0.6) is 5.88 Å². The van der Waals surface area contributed by atoms with E-state index in [0.717, 1.165) is 36.7 Å². The van der Waals surface area contributed by atoms with E-state index in [0.29, 0.717) is 12.4 Å². The minimum Gasteiger partial charge on any atom is -0.481 e. The van der Waals surface area contributed by atoms with Crippen LogP contribution in [0.1, 0.15) is 43.4 Å². The SMILES string of the molecule is COc1c(CNC(=O)N[C@H]2CCN(CC3CCCC3)C2)c(C)nn1C. The first-order chi connectivity index (χ1) is 12.1. The second kappa shape index (κ2) is 8.08. The standard InChI is InChI=1S/C18H31N5O2/c1-13-16(17(25-3)22(2)21-13)10-19-18(24)20-15-8-9-23(12-15)11-14-6-4-5-7-14/h14-15H,4-12H2,1-3H3,(H2,19,20,24)/t15-/m0/s1. The maximum atomic E-state index is 12.2. The van der Waals surface area contributed by atoms with Crippen molar-refractivity contribution in [1.29, 1.82) is 0 Å². The van der Waals surface area contributed by atoms with Crippen LogP contribution in [0.15, 0.2) is 0 Å². The molecule has 1 saturated carbocycles. The van der Waals surface area contributed by atoms with Crippen LogP contribution >= 0.6 is 0 Å². The molecule has 0 spiro atoms. The van der Waals surface area contributed by atoms with E-state index >= 15 is 0 Å². The van der Waals surface area contributed by atoms with Gasteiger partial charge in [0.1, 0.15) is 0 Å². The summed E-state index contributed by atoms with van der Waals surface area (Å²) in [7, 11) is 3.46. The molecule has 1 atom stereocenters. The number of hydrogen-bond acceptors (Lipinski definition) is 4. The smallest absolute Gasteiger partial charge is 0.315 e. The van der Waals surface area contributed by atoms with Crippen LogP contribution < -0.4 is 15.4 Å². The number of nitrogens with one attached hydrogen (secondary N) is 2. The van der Waals surface area contributed by atoms with Gasteiger partial charge in [-0.2, -0.15) is 5.10 Å². The number of rotatable bonds is 6. The monoisotopic (exact) mass is 349 g/mol. The van der Waals surface area contributed by atoms with E-state index in [1.165, 1.54) is 32.2 Å². The molecule has 1 aromatic rings. The Labute approximate surface area is 150 Å². The third-order valence-corrected chi connectivity index (χ3v) is 5.51. The maximum absolute atomic E-state index is 12.2. The average molecular weight is 349 g/mol. The highest BCUT2D eigenvalue weighted by Crippen LogP contribution is 2.26. The third-order valence-electron chi connectivity index (χ3n) is 5.51. The van der Waals surface area contributed by atoms with Gasteiger partial charge in [0.25, 0.3) is 0 Å². The van der Waals surface area contributed by atoms with Crippen molar-refractivity contribution in [3.63, 3.8) is 0 Å². The molecule has 2 amide bonds. The Morgan fingerprint density at radius 1 is 1.32 bits per heavy atom. The Balaban J connectivity index is 1.42. The van der Waals surface area contributed by atoms with Crippen LogP contribution in [0, 0.1) is 12.8 Å². The van der Waals surface area contributed by atoms with Gasteiger partial charge in [0, 0.05) is 32.7 Å². The number of nitrogens with zero attached hydrogens (tertiary/aromatic N) is 3. The van der Waals surface area contributed by atoms with Gasteiger partial charge in [0.05, 0.1) is 24.9 Å². The number of urea groups is 1. The van der Waals surface area contributed by atoms with Crippen molar-refractivity contribution in [1.82, 2.24) is 25.3 Å². The molecular weight excluding hydrogens is 318 g/mol.